The van der Waals surface area contributed by atoms with E-state index < -0.39 is 15.9 Å². The molecule has 0 spiro atoms. The molecule has 6 nitrogen and oxygen atoms in total. The lowest BCUT2D eigenvalue weighted by Crippen LogP contribution is -2.43. The zero-order valence-electron chi connectivity index (χ0n) is 15.8. The number of carbonyl (C=O) groups is 1. The van der Waals surface area contributed by atoms with Crippen molar-refractivity contribution in [3.05, 3.63) is 59.7 Å². The fraction of sp³-hybridized carbons (Fsp3) is 0.333. The molecule has 146 valence electrons. The lowest BCUT2D eigenvalue weighted by atomic mass is 10.0. The van der Waals surface area contributed by atoms with Crippen LogP contribution in [0.15, 0.2) is 53.4 Å². The number of sulfonamides is 1. The van der Waals surface area contributed by atoms with Gasteiger partial charge in [0.1, 0.15) is 6.07 Å². The fourth-order valence-electron chi connectivity index (χ4n) is 3.50. The van der Waals surface area contributed by atoms with Crippen LogP contribution in [-0.2, 0) is 10.0 Å². The van der Waals surface area contributed by atoms with Gasteiger partial charge in [0, 0.05) is 18.2 Å². The van der Waals surface area contributed by atoms with Gasteiger partial charge in [-0.05, 0) is 55.7 Å². The number of carbonyl (C=O) groups excluding carboxylic acids is 1. The van der Waals surface area contributed by atoms with Crippen molar-refractivity contribution in [2.45, 2.75) is 43.5 Å². The SMILES string of the molecule is CCC1CCCCN1S(=O)(=O)c1ccc(C(=O)Nc2ccccc2C#N)cc1. The third kappa shape index (κ3) is 4.08. The Kier molecular flexibility index (Phi) is 6.12. The van der Waals surface area contributed by atoms with E-state index in [1.54, 1.807) is 28.6 Å². The fourth-order valence-corrected chi connectivity index (χ4v) is 5.26. The summed E-state index contributed by atoms with van der Waals surface area (Å²) in [5.41, 5.74) is 1.12. The van der Waals surface area contributed by atoms with Crippen LogP contribution in [0.4, 0.5) is 5.69 Å². The average Bonchev–Trinajstić information content (AvgIpc) is 2.74. The standard InChI is InChI=1S/C21H23N3O3S/c1-2-18-8-5-6-14-24(18)28(26,27)19-12-10-16(11-13-19)21(25)23-20-9-4-3-7-17(20)15-22/h3-4,7,9-13,18H,2,5-6,8,14H2,1H3,(H,23,25). The molecule has 1 unspecified atom stereocenters. The number of nitriles is 1. The van der Waals surface area contributed by atoms with Gasteiger partial charge in [-0.1, -0.05) is 25.5 Å². The maximum atomic E-state index is 13.0. The minimum Gasteiger partial charge on any atom is -0.321 e. The molecular weight excluding hydrogens is 374 g/mol. The Labute approximate surface area is 165 Å². The van der Waals surface area contributed by atoms with Gasteiger partial charge in [0.05, 0.1) is 16.1 Å². The van der Waals surface area contributed by atoms with Crippen LogP contribution in [0.3, 0.4) is 0 Å². The van der Waals surface area contributed by atoms with E-state index in [0.29, 0.717) is 23.4 Å². The topological polar surface area (TPSA) is 90.3 Å². The maximum Gasteiger partial charge on any atom is 0.255 e. The molecule has 0 saturated carbocycles. The molecule has 3 rings (SSSR count). The normalized spacial score (nSPS) is 17.6. The van der Waals surface area contributed by atoms with Gasteiger partial charge in [0.25, 0.3) is 5.91 Å². The van der Waals surface area contributed by atoms with E-state index in [1.165, 1.54) is 24.3 Å². The average molecular weight is 398 g/mol. The Balaban J connectivity index is 1.79. The van der Waals surface area contributed by atoms with Crippen molar-refractivity contribution in [1.29, 1.82) is 5.26 Å². The molecule has 0 bridgehead atoms. The summed E-state index contributed by atoms with van der Waals surface area (Å²) < 4.78 is 27.6. The van der Waals surface area contributed by atoms with Crippen molar-refractivity contribution in [3.8, 4) is 6.07 Å². The van der Waals surface area contributed by atoms with Gasteiger partial charge in [-0.25, -0.2) is 8.42 Å². The Morgan fingerprint density at radius 2 is 1.89 bits per heavy atom. The number of anilines is 1. The monoisotopic (exact) mass is 397 g/mol. The summed E-state index contributed by atoms with van der Waals surface area (Å²) in [7, 11) is -3.58. The number of nitrogens with one attached hydrogen (secondary N) is 1. The molecule has 0 aliphatic carbocycles. The Bertz CT molecular complexity index is 994. The van der Waals surface area contributed by atoms with Gasteiger partial charge in [0.2, 0.25) is 10.0 Å². The van der Waals surface area contributed by atoms with Crippen LogP contribution in [0.2, 0.25) is 0 Å². The van der Waals surface area contributed by atoms with Crippen molar-refractivity contribution in [2.75, 3.05) is 11.9 Å². The summed E-state index contributed by atoms with van der Waals surface area (Å²) in [6.45, 7) is 2.54. The number of piperidine rings is 1. The highest BCUT2D eigenvalue weighted by atomic mass is 32.2. The highest BCUT2D eigenvalue weighted by Gasteiger charge is 2.32. The van der Waals surface area contributed by atoms with E-state index >= 15 is 0 Å². The molecule has 0 aromatic heterocycles. The smallest absolute Gasteiger partial charge is 0.255 e. The van der Waals surface area contributed by atoms with Gasteiger partial charge in [-0.3, -0.25) is 4.79 Å². The summed E-state index contributed by atoms with van der Waals surface area (Å²) in [6, 6.07) is 14.7. The molecule has 1 heterocycles. The second-order valence-electron chi connectivity index (χ2n) is 6.81. The quantitative estimate of drug-likeness (QED) is 0.832. The van der Waals surface area contributed by atoms with Gasteiger partial charge < -0.3 is 5.32 Å². The number of nitrogens with zero attached hydrogens (tertiary/aromatic N) is 2. The number of para-hydroxylation sites is 1. The lowest BCUT2D eigenvalue weighted by molar-refractivity contribution is 0.102. The summed E-state index contributed by atoms with van der Waals surface area (Å²) in [4.78, 5) is 12.7. The zero-order chi connectivity index (χ0) is 20.1. The van der Waals surface area contributed by atoms with Crippen molar-refractivity contribution in [2.24, 2.45) is 0 Å². The molecule has 1 atom stereocenters. The molecule has 1 aliphatic heterocycles. The van der Waals surface area contributed by atoms with Gasteiger partial charge in [-0.15, -0.1) is 0 Å². The van der Waals surface area contributed by atoms with Crippen LogP contribution in [0.1, 0.15) is 48.5 Å². The summed E-state index contributed by atoms with van der Waals surface area (Å²) in [6.07, 6.45) is 3.59. The lowest BCUT2D eigenvalue weighted by Gasteiger charge is -2.34. The van der Waals surface area contributed by atoms with E-state index in [9.17, 15) is 13.2 Å². The molecule has 1 amide bonds. The number of rotatable bonds is 5. The number of hydrogen-bond donors (Lipinski definition) is 1. The van der Waals surface area contributed by atoms with Gasteiger partial charge in [-0.2, -0.15) is 9.57 Å². The first-order chi connectivity index (χ1) is 13.5. The van der Waals surface area contributed by atoms with Crippen LogP contribution in [0, 0.1) is 11.3 Å². The third-order valence-corrected chi connectivity index (χ3v) is 7.03. The minimum atomic E-state index is -3.58. The predicted molar refractivity (Wildman–Crippen MR) is 107 cm³/mol. The van der Waals surface area contributed by atoms with Crippen molar-refractivity contribution in [3.63, 3.8) is 0 Å². The van der Waals surface area contributed by atoms with E-state index in [2.05, 4.69) is 5.32 Å². The predicted octanol–water partition coefficient (Wildman–Crippen LogP) is 3.76. The molecule has 0 radical (unpaired) electrons. The van der Waals surface area contributed by atoms with Crippen LogP contribution in [-0.4, -0.2) is 31.2 Å². The second-order valence-corrected chi connectivity index (χ2v) is 8.70. The number of benzene rings is 2. The molecule has 7 heteroatoms. The van der Waals surface area contributed by atoms with Crippen LogP contribution < -0.4 is 5.32 Å². The van der Waals surface area contributed by atoms with E-state index in [1.807, 2.05) is 13.0 Å². The Morgan fingerprint density at radius 1 is 1.18 bits per heavy atom. The van der Waals surface area contributed by atoms with Gasteiger partial charge >= 0.3 is 0 Å². The Morgan fingerprint density at radius 3 is 2.57 bits per heavy atom. The minimum absolute atomic E-state index is 0.0317. The largest absolute Gasteiger partial charge is 0.321 e. The summed E-state index contributed by atoms with van der Waals surface area (Å²) >= 11 is 0. The highest BCUT2D eigenvalue weighted by Crippen LogP contribution is 2.27. The first kappa shape index (κ1) is 20.1. The van der Waals surface area contributed by atoms with Crippen LogP contribution >= 0.6 is 0 Å². The molecule has 2 aromatic rings. The first-order valence-corrected chi connectivity index (χ1v) is 10.8. The Hall–Kier alpha value is -2.69. The number of hydrogen-bond acceptors (Lipinski definition) is 4. The molecule has 28 heavy (non-hydrogen) atoms. The van der Waals surface area contributed by atoms with Crippen LogP contribution in [0.5, 0.6) is 0 Å². The molecule has 1 aliphatic rings. The van der Waals surface area contributed by atoms with Crippen molar-refractivity contribution < 1.29 is 13.2 Å². The first-order valence-electron chi connectivity index (χ1n) is 9.39. The van der Waals surface area contributed by atoms with Crippen LogP contribution in [0.25, 0.3) is 0 Å². The van der Waals surface area contributed by atoms with Crippen molar-refractivity contribution in [1.82, 2.24) is 4.31 Å². The summed E-state index contributed by atoms with van der Waals surface area (Å²) in [5, 5.41) is 11.8. The molecule has 2 aromatic carbocycles. The highest BCUT2D eigenvalue weighted by molar-refractivity contribution is 7.89. The molecule has 1 N–H and O–H groups in total. The molecule has 1 saturated heterocycles. The van der Waals surface area contributed by atoms with E-state index in [0.717, 1.165) is 25.7 Å². The maximum absolute atomic E-state index is 13.0. The molecule has 1 fully saturated rings. The zero-order valence-corrected chi connectivity index (χ0v) is 16.6. The molecular formula is C21H23N3O3S. The van der Waals surface area contributed by atoms with Gasteiger partial charge in [0.15, 0.2) is 0 Å². The second kappa shape index (κ2) is 8.55. The van der Waals surface area contributed by atoms with Crippen molar-refractivity contribution >= 4 is 21.6 Å². The van der Waals surface area contributed by atoms with E-state index in [4.69, 9.17) is 5.26 Å². The third-order valence-electron chi connectivity index (χ3n) is 5.06. The summed E-state index contributed by atoms with van der Waals surface area (Å²) in [5.74, 6) is -0.393. The van der Waals surface area contributed by atoms with E-state index in [-0.39, 0.29) is 10.9 Å². The number of amides is 1.